The van der Waals surface area contributed by atoms with E-state index in [0.29, 0.717) is 24.4 Å². The van der Waals surface area contributed by atoms with E-state index in [1.54, 1.807) is 12.1 Å². The minimum Gasteiger partial charge on any atom is -0.454 e. The van der Waals surface area contributed by atoms with Gasteiger partial charge in [0, 0.05) is 17.9 Å². The van der Waals surface area contributed by atoms with E-state index in [-0.39, 0.29) is 0 Å². The molecule has 0 aliphatic heterocycles. The highest BCUT2D eigenvalue weighted by Gasteiger charge is 2.06. The van der Waals surface area contributed by atoms with E-state index in [0.717, 1.165) is 11.4 Å². The van der Waals surface area contributed by atoms with Crippen molar-refractivity contribution in [2.45, 2.75) is 0 Å². The van der Waals surface area contributed by atoms with Gasteiger partial charge in [-0.3, -0.25) is 4.79 Å². The molecule has 1 aromatic heterocycles. The third-order valence-electron chi connectivity index (χ3n) is 3.47. The van der Waals surface area contributed by atoms with E-state index in [4.69, 9.17) is 4.42 Å². The molecule has 23 heavy (non-hydrogen) atoms. The third-order valence-corrected chi connectivity index (χ3v) is 3.47. The summed E-state index contributed by atoms with van der Waals surface area (Å²) in [6, 6.07) is 23.9. The van der Waals surface area contributed by atoms with Gasteiger partial charge in [-0.25, -0.2) is 0 Å². The summed E-state index contributed by atoms with van der Waals surface area (Å²) in [5, 5.41) is 0. The fraction of sp³-hybridized carbons (Fsp3) is 0.0500. The van der Waals surface area contributed by atoms with E-state index in [1.807, 2.05) is 48.6 Å². The van der Waals surface area contributed by atoms with Crippen molar-refractivity contribution in [1.29, 1.82) is 0 Å². The Kier molecular flexibility index (Phi) is 4.69. The topological polar surface area (TPSA) is 33.5 Å². The lowest BCUT2D eigenvalue weighted by Gasteiger charge is -2.23. The van der Waals surface area contributed by atoms with Crippen LogP contribution in [0.3, 0.4) is 0 Å². The van der Waals surface area contributed by atoms with Gasteiger partial charge in [0.15, 0.2) is 12.0 Å². The predicted molar refractivity (Wildman–Crippen MR) is 93.0 cm³/mol. The van der Waals surface area contributed by atoms with Crippen LogP contribution in [-0.2, 0) is 0 Å². The zero-order chi connectivity index (χ0) is 15.9. The number of benzene rings is 2. The lowest BCUT2D eigenvalue weighted by atomic mass is 10.2. The van der Waals surface area contributed by atoms with Crippen molar-refractivity contribution in [1.82, 2.24) is 0 Å². The molecule has 0 amide bonds. The van der Waals surface area contributed by atoms with Crippen LogP contribution in [0.25, 0.3) is 6.08 Å². The number of aldehydes is 1. The maximum absolute atomic E-state index is 10.6. The van der Waals surface area contributed by atoms with E-state index in [2.05, 4.69) is 29.2 Å². The molecule has 3 aromatic rings. The highest BCUT2D eigenvalue weighted by Crippen LogP contribution is 2.24. The number of carbonyl (C=O) groups is 1. The van der Waals surface area contributed by atoms with Gasteiger partial charge in [-0.05, 0) is 42.5 Å². The Morgan fingerprint density at radius 2 is 1.35 bits per heavy atom. The maximum atomic E-state index is 10.6. The number of rotatable bonds is 6. The van der Waals surface area contributed by atoms with Crippen LogP contribution in [0.5, 0.6) is 0 Å². The molecule has 0 spiro atoms. The molecule has 0 radical (unpaired) electrons. The highest BCUT2D eigenvalue weighted by molar-refractivity contribution is 5.71. The number of hydrogen-bond acceptors (Lipinski definition) is 3. The van der Waals surface area contributed by atoms with Crippen LogP contribution < -0.4 is 4.90 Å². The third kappa shape index (κ3) is 3.77. The summed E-state index contributed by atoms with van der Waals surface area (Å²) in [6.45, 7) is 0.700. The first kappa shape index (κ1) is 14.9. The van der Waals surface area contributed by atoms with E-state index in [1.165, 1.54) is 0 Å². The zero-order valence-corrected chi connectivity index (χ0v) is 12.6. The molecule has 3 nitrogen and oxygen atoms in total. The molecule has 1 heterocycles. The summed E-state index contributed by atoms with van der Waals surface area (Å²) in [5.74, 6) is 1.01. The zero-order valence-electron chi connectivity index (χ0n) is 12.6. The van der Waals surface area contributed by atoms with Gasteiger partial charge in [-0.2, -0.15) is 0 Å². The predicted octanol–water partition coefficient (Wildman–Crippen LogP) is 4.94. The molecule has 0 bridgehead atoms. The quantitative estimate of drug-likeness (QED) is 0.604. The fourth-order valence-corrected chi connectivity index (χ4v) is 2.37. The summed E-state index contributed by atoms with van der Waals surface area (Å²) >= 11 is 0. The SMILES string of the molecule is O=Cc1ccc(/C=C/CN(c2ccccc2)c2ccccc2)o1. The van der Waals surface area contributed by atoms with E-state index >= 15 is 0 Å². The second-order valence-electron chi connectivity index (χ2n) is 5.04. The molecule has 2 aromatic carbocycles. The molecule has 0 aliphatic carbocycles. The summed E-state index contributed by atoms with van der Waals surface area (Å²) in [5.41, 5.74) is 2.24. The molecular weight excluding hydrogens is 286 g/mol. The lowest BCUT2D eigenvalue weighted by Crippen LogP contribution is -2.16. The molecular formula is C20H17NO2. The van der Waals surface area contributed by atoms with Gasteiger partial charge in [0.2, 0.25) is 0 Å². The second kappa shape index (κ2) is 7.27. The van der Waals surface area contributed by atoms with Gasteiger partial charge in [-0.15, -0.1) is 0 Å². The monoisotopic (exact) mass is 303 g/mol. The van der Waals surface area contributed by atoms with Gasteiger partial charge in [0.25, 0.3) is 0 Å². The van der Waals surface area contributed by atoms with Gasteiger partial charge in [0.1, 0.15) is 5.76 Å². The minimum atomic E-state index is 0.340. The molecule has 3 rings (SSSR count). The second-order valence-corrected chi connectivity index (χ2v) is 5.04. The number of nitrogens with zero attached hydrogens (tertiary/aromatic N) is 1. The molecule has 114 valence electrons. The van der Waals surface area contributed by atoms with E-state index in [9.17, 15) is 4.79 Å². The van der Waals surface area contributed by atoms with Crippen LogP contribution in [0.1, 0.15) is 16.3 Å². The first-order chi connectivity index (χ1) is 11.4. The molecule has 0 N–H and O–H groups in total. The number of anilines is 2. The Hall–Kier alpha value is -3.07. The molecule has 0 atom stereocenters. The Bertz CT molecular complexity index is 736. The van der Waals surface area contributed by atoms with Crippen molar-refractivity contribution in [3.8, 4) is 0 Å². The van der Waals surface area contributed by atoms with Crippen LogP contribution in [0, 0.1) is 0 Å². The summed E-state index contributed by atoms with van der Waals surface area (Å²) in [6.07, 6.45) is 4.61. The Morgan fingerprint density at radius 1 is 0.783 bits per heavy atom. The van der Waals surface area contributed by atoms with Gasteiger partial charge in [-0.1, -0.05) is 42.5 Å². The summed E-state index contributed by atoms with van der Waals surface area (Å²) in [4.78, 5) is 12.9. The first-order valence-corrected chi connectivity index (χ1v) is 7.46. The molecule has 0 saturated carbocycles. The van der Waals surface area contributed by atoms with Crippen molar-refractivity contribution in [2.24, 2.45) is 0 Å². The van der Waals surface area contributed by atoms with Crippen LogP contribution in [0.15, 0.2) is 83.3 Å². The van der Waals surface area contributed by atoms with Gasteiger partial charge < -0.3 is 9.32 Å². The van der Waals surface area contributed by atoms with Gasteiger partial charge in [0.05, 0.1) is 0 Å². The van der Waals surface area contributed by atoms with Crippen molar-refractivity contribution >= 4 is 23.7 Å². The Labute approximate surface area is 135 Å². The molecule has 0 fully saturated rings. The highest BCUT2D eigenvalue weighted by atomic mass is 16.3. The molecule has 0 aliphatic rings. The molecule has 0 saturated heterocycles. The summed E-state index contributed by atoms with van der Waals surface area (Å²) < 4.78 is 5.35. The Balaban J connectivity index is 1.80. The van der Waals surface area contributed by atoms with E-state index < -0.39 is 0 Å². The van der Waals surface area contributed by atoms with Crippen LogP contribution >= 0.6 is 0 Å². The Morgan fingerprint density at radius 3 is 1.87 bits per heavy atom. The van der Waals surface area contributed by atoms with Crippen LogP contribution in [-0.4, -0.2) is 12.8 Å². The number of carbonyl (C=O) groups excluding carboxylic acids is 1. The number of furan rings is 1. The number of para-hydroxylation sites is 2. The summed E-state index contributed by atoms with van der Waals surface area (Å²) in [7, 11) is 0. The standard InChI is InChI=1S/C20H17NO2/c22-16-20-14-13-19(23-20)12-7-15-21(17-8-3-1-4-9-17)18-10-5-2-6-11-18/h1-14,16H,15H2/b12-7+. The number of hydrogen-bond donors (Lipinski definition) is 0. The van der Waals surface area contributed by atoms with Crippen molar-refractivity contribution in [2.75, 3.05) is 11.4 Å². The molecule has 0 unspecified atom stereocenters. The van der Waals surface area contributed by atoms with Crippen LogP contribution in [0.4, 0.5) is 11.4 Å². The van der Waals surface area contributed by atoms with Crippen LogP contribution in [0.2, 0.25) is 0 Å². The average molecular weight is 303 g/mol. The fourth-order valence-electron chi connectivity index (χ4n) is 2.37. The van der Waals surface area contributed by atoms with Gasteiger partial charge >= 0.3 is 0 Å². The minimum absolute atomic E-state index is 0.340. The largest absolute Gasteiger partial charge is 0.454 e. The lowest BCUT2D eigenvalue weighted by molar-refractivity contribution is 0.110. The average Bonchev–Trinajstić information content (AvgIpc) is 3.08. The van der Waals surface area contributed by atoms with Crippen molar-refractivity contribution in [3.05, 3.63) is 90.4 Å². The van der Waals surface area contributed by atoms with Crippen molar-refractivity contribution < 1.29 is 9.21 Å². The maximum Gasteiger partial charge on any atom is 0.185 e. The molecule has 3 heteroatoms. The first-order valence-electron chi connectivity index (χ1n) is 7.46. The normalized spacial score (nSPS) is 10.8. The van der Waals surface area contributed by atoms with Crippen molar-refractivity contribution in [3.63, 3.8) is 0 Å². The smallest absolute Gasteiger partial charge is 0.185 e.